The van der Waals surface area contributed by atoms with E-state index in [4.69, 9.17) is 9.47 Å². The summed E-state index contributed by atoms with van der Waals surface area (Å²) >= 11 is 4.75. The minimum absolute atomic E-state index is 0.283. The van der Waals surface area contributed by atoms with Crippen LogP contribution in [0.15, 0.2) is 76.4 Å². The van der Waals surface area contributed by atoms with E-state index < -0.39 is 5.25 Å². The fraction of sp³-hybridized carbons (Fsp3) is 0.259. The lowest BCUT2D eigenvalue weighted by molar-refractivity contribution is -0.479. The maximum absolute atomic E-state index is 11.6. The Morgan fingerprint density at radius 1 is 1.03 bits per heavy atom. The van der Waals surface area contributed by atoms with Crippen molar-refractivity contribution in [2.75, 3.05) is 13.2 Å². The number of benzene rings is 3. The van der Waals surface area contributed by atoms with Gasteiger partial charge >= 0.3 is 0 Å². The molecule has 0 saturated carbocycles. The zero-order valence-electron chi connectivity index (χ0n) is 20.8. The Labute approximate surface area is 228 Å². The minimum atomic E-state index is -0.512. The molecule has 4 rings (SSSR count). The smallest absolute Gasteiger partial charge is 0.220 e. The molecule has 0 aliphatic rings. The van der Waals surface area contributed by atoms with Crippen molar-refractivity contribution in [2.45, 2.75) is 37.8 Å². The average molecular weight is 584 g/mol. The minimum Gasteiger partial charge on any atom is -0.490 e. The maximum Gasteiger partial charge on any atom is 0.220 e. The lowest BCUT2D eigenvalue weighted by Crippen LogP contribution is -2.12. The van der Waals surface area contributed by atoms with Crippen LogP contribution in [-0.2, 0) is 6.61 Å². The van der Waals surface area contributed by atoms with Crippen molar-refractivity contribution in [1.82, 2.24) is 14.8 Å². The summed E-state index contributed by atoms with van der Waals surface area (Å²) in [5, 5.41) is 20.3. The van der Waals surface area contributed by atoms with Crippen LogP contribution in [-0.4, -0.2) is 32.8 Å². The Bertz CT molecular complexity index is 1380. The molecule has 0 spiro atoms. The van der Waals surface area contributed by atoms with Gasteiger partial charge in [-0.15, -0.1) is 10.2 Å². The summed E-state index contributed by atoms with van der Waals surface area (Å²) in [5.74, 6) is 1.83. The summed E-state index contributed by atoms with van der Waals surface area (Å²) in [7, 11) is 0. The number of hydrogen-bond donors (Lipinski definition) is 0. The van der Waals surface area contributed by atoms with Crippen molar-refractivity contribution in [2.24, 2.45) is 0 Å². The topological polar surface area (TPSA) is 92.3 Å². The predicted molar refractivity (Wildman–Crippen MR) is 147 cm³/mol. The van der Waals surface area contributed by atoms with Crippen LogP contribution in [0.5, 0.6) is 11.5 Å². The van der Waals surface area contributed by atoms with Crippen molar-refractivity contribution in [3.8, 4) is 17.2 Å². The second-order valence-electron chi connectivity index (χ2n) is 8.38. The van der Waals surface area contributed by atoms with Gasteiger partial charge in [-0.3, -0.25) is 14.7 Å². The van der Waals surface area contributed by atoms with Crippen molar-refractivity contribution < 1.29 is 14.4 Å². The lowest BCUT2D eigenvalue weighted by Gasteiger charge is -2.17. The Hall–Kier alpha value is -3.37. The summed E-state index contributed by atoms with van der Waals surface area (Å²) in [6, 6.07) is 21.4. The first-order valence-electron chi connectivity index (χ1n) is 11.8. The van der Waals surface area contributed by atoms with E-state index in [0.29, 0.717) is 35.7 Å². The first kappa shape index (κ1) is 26.7. The summed E-state index contributed by atoms with van der Waals surface area (Å²) in [6.45, 7) is 6.30. The van der Waals surface area contributed by atoms with E-state index >= 15 is 0 Å². The van der Waals surface area contributed by atoms with Gasteiger partial charge in [-0.25, -0.2) is 0 Å². The van der Waals surface area contributed by atoms with Crippen LogP contribution in [0.2, 0.25) is 0 Å². The first-order chi connectivity index (χ1) is 17.8. The molecule has 0 amide bonds. The first-order valence-corrected chi connectivity index (χ1v) is 13.4. The van der Waals surface area contributed by atoms with E-state index in [2.05, 4.69) is 26.1 Å². The second-order valence-corrected chi connectivity index (χ2v) is 10.5. The zero-order valence-corrected chi connectivity index (χ0v) is 23.2. The van der Waals surface area contributed by atoms with E-state index in [-0.39, 0.29) is 11.5 Å². The van der Waals surface area contributed by atoms with Crippen LogP contribution in [0.4, 0.5) is 0 Å². The molecule has 192 valence electrons. The number of nitro groups is 1. The number of hydrogen-bond acceptors (Lipinski definition) is 7. The molecule has 4 aromatic rings. The summed E-state index contributed by atoms with van der Waals surface area (Å²) in [5.41, 5.74) is 3.78. The fourth-order valence-electron chi connectivity index (χ4n) is 3.81. The van der Waals surface area contributed by atoms with E-state index in [0.717, 1.165) is 26.9 Å². The van der Waals surface area contributed by atoms with Crippen molar-refractivity contribution in [1.29, 1.82) is 0 Å². The summed E-state index contributed by atoms with van der Waals surface area (Å²) in [4.78, 5) is 11.3. The molecular weight excluding hydrogens is 556 g/mol. The number of halogens is 1. The van der Waals surface area contributed by atoms with Gasteiger partial charge in [0.2, 0.25) is 6.54 Å². The van der Waals surface area contributed by atoms with Crippen LogP contribution in [0.1, 0.15) is 34.7 Å². The summed E-state index contributed by atoms with van der Waals surface area (Å²) < 4.78 is 14.8. The van der Waals surface area contributed by atoms with E-state index in [9.17, 15) is 10.1 Å². The molecule has 0 fully saturated rings. The number of thioether (sulfide) groups is 1. The molecule has 0 N–H and O–H groups in total. The van der Waals surface area contributed by atoms with Gasteiger partial charge in [-0.2, -0.15) is 0 Å². The van der Waals surface area contributed by atoms with Crippen molar-refractivity contribution in [3.05, 3.63) is 104 Å². The van der Waals surface area contributed by atoms with Crippen LogP contribution in [0.3, 0.4) is 0 Å². The van der Waals surface area contributed by atoms with Gasteiger partial charge in [0.1, 0.15) is 17.7 Å². The molecule has 0 aliphatic heterocycles. The van der Waals surface area contributed by atoms with Crippen LogP contribution in [0.25, 0.3) is 5.69 Å². The Balaban J connectivity index is 1.62. The van der Waals surface area contributed by atoms with Crippen molar-refractivity contribution >= 4 is 27.7 Å². The number of nitrogens with zero attached hydrogens (tertiary/aromatic N) is 4. The SMILES string of the molecule is CCOc1cc([C@@H](C[N+](=O)[O-])Sc2nnc(C)n2-c2cccc(C)c2)ccc1OCc1ccc(Br)cc1. The van der Waals surface area contributed by atoms with E-state index in [1.807, 2.05) is 92.1 Å². The molecule has 1 heterocycles. The average Bonchev–Trinajstić information content (AvgIpc) is 3.23. The maximum atomic E-state index is 11.6. The lowest BCUT2D eigenvalue weighted by atomic mass is 10.1. The molecule has 0 aliphatic carbocycles. The van der Waals surface area contributed by atoms with Crippen LogP contribution >= 0.6 is 27.7 Å². The highest BCUT2D eigenvalue weighted by Gasteiger charge is 2.25. The van der Waals surface area contributed by atoms with Crippen LogP contribution < -0.4 is 9.47 Å². The van der Waals surface area contributed by atoms with Gasteiger partial charge in [-0.1, -0.05) is 58.0 Å². The molecule has 1 atom stereocenters. The molecule has 1 aromatic heterocycles. The van der Waals surface area contributed by atoms with Gasteiger partial charge in [0.05, 0.1) is 6.61 Å². The van der Waals surface area contributed by atoms with E-state index in [1.54, 1.807) is 0 Å². The molecular formula is C27H27BrN4O4S. The summed E-state index contributed by atoms with van der Waals surface area (Å²) in [6.07, 6.45) is 0. The second kappa shape index (κ2) is 12.2. The molecule has 37 heavy (non-hydrogen) atoms. The predicted octanol–water partition coefficient (Wildman–Crippen LogP) is 6.73. The van der Waals surface area contributed by atoms with Gasteiger partial charge < -0.3 is 9.47 Å². The van der Waals surface area contributed by atoms with Crippen LogP contribution in [0, 0.1) is 24.0 Å². The highest BCUT2D eigenvalue weighted by molar-refractivity contribution is 9.10. The molecule has 8 nitrogen and oxygen atoms in total. The standard InChI is InChI=1S/C27H27BrN4O4S/c1-4-35-25-15-21(10-13-24(25)36-17-20-8-11-22(28)12-9-20)26(16-31(33)34)37-27-30-29-19(3)32(27)23-7-5-6-18(2)14-23/h5-15,26H,4,16-17H2,1-3H3/t26-/m1/s1. The fourth-order valence-corrected chi connectivity index (χ4v) is 5.24. The number of ether oxygens (including phenoxy) is 2. The molecule has 3 aromatic carbocycles. The Morgan fingerprint density at radius 3 is 2.51 bits per heavy atom. The molecule has 10 heteroatoms. The largest absolute Gasteiger partial charge is 0.490 e. The Kier molecular flexibility index (Phi) is 8.83. The highest BCUT2D eigenvalue weighted by atomic mass is 79.9. The monoisotopic (exact) mass is 582 g/mol. The van der Waals surface area contributed by atoms with Gasteiger partial charge in [0.15, 0.2) is 16.7 Å². The van der Waals surface area contributed by atoms with Crippen molar-refractivity contribution in [3.63, 3.8) is 0 Å². The third kappa shape index (κ3) is 6.90. The normalized spacial score (nSPS) is 11.8. The molecule has 0 bridgehead atoms. The van der Waals surface area contributed by atoms with Gasteiger partial charge in [0, 0.05) is 15.1 Å². The number of aryl methyl sites for hydroxylation is 2. The molecule has 0 saturated heterocycles. The zero-order chi connectivity index (χ0) is 26.4. The number of rotatable bonds is 11. The number of aromatic nitrogens is 3. The molecule has 0 unspecified atom stereocenters. The third-order valence-electron chi connectivity index (χ3n) is 5.56. The quantitative estimate of drug-likeness (QED) is 0.110. The highest BCUT2D eigenvalue weighted by Crippen LogP contribution is 2.39. The van der Waals surface area contributed by atoms with Gasteiger partial charge in [0.25, 0.3) is 0 Å². The third-order valence-corrected chi connectivity index (χ3v) is 7.27. The Morgan fingerprint density at radius 2 is 1.81 bits per heavy atom. The van der Waals surface area contributed by atoms with Gasteiger partial charge in [-0.05, 0) is 73.9 Å². The van der Waals surface area contributed by atoms with E-state index in [1.165, 1.54) is 11.8 Å². The molecule has 0 radical (unpaired) electrons.